The number of aryl methyl sites for hydroxylation is 2. The van der Waals surface area contributed by atoms with Gasteiger partial charge in [0, 0.05) is 17.9 Å². The van der Waals surface area contributed by atoms with Crippen LogP contribution in [-0.2, 0) is 14.3 Å². The summed E-state index contributed by atoms with van der Waals surface area (Å²) in [6.45, 7) is 6.00. The van der Waals surface area contributed by atoms with Crippen LogP contribution in [0.4, 0.5) is 10.5 Å². The van der Waals surface area contributed by atoms with Crippen LogP contribution < -0.4 is 20.7 Å². The molecule has 35 heavy (non-hydrogen) atoms. The highest BCUT2D eigenvalue weighted by Crippen LogP contribution is 2.29. The average Bonchev–Trinajstić information content (AvgIpc) is 2.81. The Morgan fingerprint density at radius 2 is 1.74 bits per heavy atom. The molecular formula is C26H32N4O5. The number of para-hydroxylation sites is 1. The monoisotopic (exact) mass is 480 g/mol. The number of anilines is 1. The third-order valence-corrected chi connectivity index (χ3v) is 5.69. The molecular weight excluding hydrogens is 448 g/mol. The van der Waals surface area contributed by atoms with Crippen LogP contribution in [0.3, 0.4) is 0 Å². The number of urea groups is 1. The third kappa shape index (κ3) is 6.39. The summed E-state index contributed by atoms with van der Waals surface area (Å²) in [7, 11) is 3.31. The van der Waals surface area contributed by atoms with Crippen molar-refractivity contribution >= 4 is 23.6 Å². The van der Waals surface area contributed by atoms with Crippen LogP contribution in [0.15, 0.2) is 53.7 Å². The van der Waals surface area contributed by atoms with E-state index in [2.05, 4.69) is 16.0 Å². The van der Waals surface area contributed by atoms with E-state index in [1.807, 2.05) is 32.0 Å². The molecule has 0 aliphatic carbocycles. The molecule has 1 heterocycles. The minimum atomic E-state index is -0.708. The molecule has 1 atom stereocenters. The van der Waals surface area contributed by atoms with Gasteiger partial charge in [0.15, 0.2) is 0 Å². The normalized spacial score (nSPS) is 15.4. The van der Waals surface area contributed by atoms with Crippen LogP contribution >= 0.6 is 0 Å². The van der Waals surface area contributed by atoms with Gasteiger partial charge in [-0.15, -0.1) is 0 Å². The lowest BCUT2D eigenvalue weighted by atomic mass is 9.95. The smallest absolute Gasteiger partial charge is 0.338 e. The maximum absolute atomic E-state index is 12.9. The number of methoxy groups -OCH3 is 1. The predicted octanol–water partition coefficient (Wildman–Crippen LogP) is 3.05. The quantitative estimate of drug-likeness (QED) is 0.476. The summed E-state index contributed by atoms with van der Waals surface area (Å²) in [6.07, 6.45) is 0. The molecule has 0 saturated carbocycles. The molecule has 3 rings (SSSR count). The first-order chi connectivity index (χ1) is 16.7. The van der Waals surface area contributed by atoms with Gasteiger partial charge in [0.1, 0.15) is 5.75 Å². The summed E-state index contributed by atoms with van der Waals surface area (Å²) < 4.78 is 10.5. The second-order valence-electron chi connectivity index (χ2n) is 8.40. The zero-order valence-electron chi connectivity index (χ0n) is 20.7. The van der Waals surface area contributed by atoms with Gasteiger partial charge < -0.3 is 25.4 Å². The first kappa shape index (κ1) is 25.8. The summed E-state index contributed by atoms with van der Waals surface area (Å²) in [5.74, 6) is -0.0788. The molecule has 1 aliphatic rings. The van der Waals surface area contributed by atoms with Gasteiger partial charge in [0.2, 0.25) is 5.91 Å². The summed E-state index contributed by atoms with van der Waals surface area (Å²) in [4.78, 5) is 39.9. The molecule has 186 valence electrons. The summed E-state index contributed by atoms with van der Waals surface area (Å²) >= 11 is 0. The van der Waals surface area contributed by atoms with Gasteiger partial charge in [-0.2, -0.15) is 0 Å². The van der Waals surface area contributed by atoms with E-state index in [1.54, 1.807) is 50.2 Å². The number of rotatable bonds is 9. The Hall–Kier alpha value is -3.85. The van der Waals surface area contributed by atoms with E-state index in [9.17, 15) is 14.4 Å². The van der Waals surface area contributed by atoms with Gasteiger partial charge in [-0.1, -0.05) is 30.3 Å². The van der Waals surface area contributed by atoms with Crippen LogP contribution in [0.25, 0.3) is 0 Å². The fourth-order valence-electron chi connectivity index (χ4n) is 4.00. The van der Waals surface area contributed by atoms with Gasteiger partial charge in [-0.05, 0) is 56.6 Å². The van der Waals surface area contributed by atoms with Crippen LogP contribution in [0, 0.1) is 13.8 Å². The topological polar surface area (TPSA) is 109 Å². The summed E-state index contributed by atoms with van der Waals surface area (Å²) in [5, 5.41) is 8.49. The van der Waals surface area contributed by atoms with E-state index in [0.29, 0.717) is 22.6 Å². The van der Waals surface area contributed by atoms with E-state index in [1.165, 1.54) is 0 Å². The van der Waals surface area contributed by atoms with Crippen LogP contribution in [0.2, 0.25) is 0 Å². The average molecular weight is 481 g/mol. The number of amides is 3. The minimum Gasteiger partial charge on any atom is -0.497 e. The number of nitrogens with zero attached hydrogens (tertiary/aromatic N) is 1. The Kier molecular flexibility index (Phi) is 8.48. The second kappa shape index (κ2) is 11.5. The number of ether oxygens (including phenoxy) is 2. The molecule has 0 fully saturated rings. The molecule has 0 saturated heterocycles. The highest BCUT2D eigenvalue weighted by atomic mass is 16.5. The molecule has 2 aromatic carbocycles. The molecule has 1 unspecified atom stereocenters. The van der Waals surface area contributed by atoms with Crippen molar-refractivity contribution in [1.29, 1.82) is 0 Å². The van der Waals surface area contributed by atoms with Crippen molar-refractivity contribution in [3.8, 4) is 5.75 Å². The Morgan fingerprint density at radius 1 is 1.09 bits per heavy atom. The molecule has 3 amide bonds. The fourth-order valence-corrected chi connectivity index (χ4v) is 4.00. The second-order valence-corrected chi connectivity index (χ2v) is 8.40. The van der Waals surface area contributed by atoms with Crippen LogP contribution in [-0.4, -0.2) is 56.7 Å². The number of hydrogen-bond acceptors (Lipinski definition) is 6. The first-order valence-corrected chi connectivity index (χ1v) is 11.4. The lowest BCUT2D eigenvalue weighted by molar-refractivity contribution is -0.139. The number of carbonyl (C=O) groups excluding carboxylic acids is 3. The van der Waals surface area contributed by atoms with Crippen molar-refractivity contribution in [1.82, 2.24) is 15.5 Å². The molecule has 9 heteroatoms. The maximum atomic E-state index is 12.9. The van der Waals surface area contributed by atoms with Crippen LogP contribution in [0.1, 0.15) is 29.7 Å². The third-order valence-electron chi connectivity index (χ3n) is 5.69. The molecule has 0 aromatic heterocycles. The lowest BCUT2D eigenvalue weighted by Gasteiger charge is -2.31. The number of carbonyl (C=O) groups is 3. The number of hydrogen-bond donors (Lipinski definition) is 3. The zero-order valence-corrected chi connectivity index (χ0v) is 20.7. The molecule has 0 radical (unpaired) electrons. The van der Waals surface area contributed by atoms with Crippen molar-refractivity contribution in [2.75, 3.05) is 39.2 Å². The first-order valence-electron chi connectivity index (χ1n) is 11.4. The van der Waals surface area contributed by atoms with Crippen molar-refractivity contribution in [2.24, 2.45) is 0 Å². The molecule has 1 aliphatic heterocycles. The Labute approximate surface area is 205 Å². The predicted molar refractivity (Wildman–Crippen MR) is 133 cm³/mol. The SMILES string of the molecule is CCOC(=O)C1=C(CN(C)CC(=O)Nc2c(C)cccc2C)NC(=O)NC1c1ccc(OC)cc1. The number of nitrogens with one attached hydrogen (secondary N) is 3. The summed E-state index contributed by atoms with van der Waals surface area (Å²) in [5.41, 5.74) is 4.11. The fraction of sp³-hybridized carbons (Fsp3) is 0.346. The van der Waals surface area contributed by atoms with E-state index in [4.69, 9.17) is 9.47 Å². The van der Waals surface area contributed by atoms with Gasteiger partial charge in [0.25, 0.3) is 0 Å². The zero-order chi connectivity index (χ0) is 25.5. The van der Waals surface area contributed by atoms with Gasteiger partial charge in [-0.25, -0.2) is 9.59 Å². The highest BCUT2D eigenvalue weighted by molar-refractivity contribution is 5.96. The van der Waals surface area contributed by atoms with Crippen molar-refractivity contribution in [3.05, 3.63) is 70.4 Å². The summed E-state index contributed by atoms with van der Waals surface area (Å²) in [6, 6.07) is 11.8. The lowest BCUT2D eigenvalue weighted by Crippen LogP contribution is -2.48. The maximum Gasteiger partial charge on any atom is 0.338 e. The van der Waals surface area contributed by atoms with Crippen molar-refractivity contribution < 1.29 is 23.9 Å². The van der Waals surface area contributed by atoms with E-state index in [0.717, 1.165) is 16.8 Å². The van der Waals surface area contributed by atoms with E-state index >= 15 is 0 Å². The number of esters is 1. The van der Waals surface area contributed by atoms with Gasteiger partial charge >= 0.3 is 12.0 Å². The highest BCUT2D eigenvalue weighted by Gasteiger charge is 2.34. The molecule has 0 spiro atoms. The Morgan fingerprint density at radius 3 is 2.34 bits per heavy atom. The Balaban J connectivity index is 1.84. The number of likely N-dealkylation sites (N-methyl/N-ethyl adjacent to an activating group) is 1. The number of benzene rings is 2. The minimum absolute atomic E-state index is 0.0594. The van der Waals surface area contributed by atoms with E-state index < -0.39 is 18.0 Å². The van der Waals surface area contributed by atoms with Gasteiger partial charge in [-0.3, -0.25) is 9.69 Å². The molecule has 3 N–H and O–H groups in total. The molecule has 2 aromatic rings. The standard InChI is InChI=1S/C26H32N4O5/c1-6-35-25(32)22-20(27-26(33)29-24(22)18-10-12-19(34-5)13-11-18)14-30(4)15-21(31)28-23-16(2)8-7-9-17(23)3/h7-13,24H,6,14-15H2,1-5H3,(H,28,31)(H2,27,29,33). The van der Waals surface area contributed by atoms with E-state index in [-0.39, 0.29) is 25.6 Å². The van der Waals surface area contributed by atoms with Crippen molar-refractivity contribution in [3.63, 3.8) is 0 Å². The Bertz CT molecular complexity index is 1110. The van der Waals surface area contributed by atoms with Gasteiger partial charge in [0.05, 0.1) is 31.9 Å². The molecule has 0 bridgehead atoms. The molecule has 9 nitrogen and oxygen atoms in total. The van der Waals surface area contributed by atoms with Crippen molar-refractivity contribution in [2.45, 2.75) is 26.8 Å². The largest absolute Gasteiger partial charge is 0.497 e. The van der Waals surface area contributed by atoms with Crippen LogP contribution in [0.5, 0.6) is 5.75 Å².